The van der Waals surface area contributed by atoms with Gasteiger partial charge in [0.25, 0.3) is 15.9 Å². The molecule has 260 valence electrons. The number of ether oxygens (including phenoxy) is 2. The number of anilines is 1. The molecule has 0 aliphatic carbocycles. The van der Waals surface area contributed by atoms with E-state index in [1.807, 2.05) is 44.2 Å². The molecule has 0 fully saturated rings. The molecule has 4 rings (SSSR count). The van der Waals surface area contributed by atoms with Crippen LogP contribution in [0.1, 0.15) is 56.0 Å². The molecule has 0 bridgehead atoms. The lowest BCUT2D eigenvalue weighted by Gasteiger charge is -2.36. The Labute approximate surface area is 289 Å². The maximum Gasteiger partial charge on any atom is 0.261 e. The van der Waals surface area contributed by atoms with E-state index in [-0.39, 0.29) is 59.8 Å². The molecule has 0 radical (unpaired) electrons. The first-order valence-corrected chi connectivity index (χ1v) is 18.1. The molecule has 10 nitrogen and oxygen atoms in total. The number of carbonyl (C=O) groups is 2. The third-order valence-electron chi connectivity index (χ3n) is 8.51. The molecule has 12 heteroatoms. The molecule has 0 spiro atoms. The van der Waals surface area contributed by atoms with Gasteiger partial charge < -0.3 is 24.4 Å². The summed E-state index contributed by atoms with van der Waals surface area (Å²) in [6.07, 6.45) is 1.95. The monoisotopic (exact) mass is 699 g/mol. The molecule has 2 amide bonds. The molecule has 1 heterocycles. The Morgan fingerprint density at radius 3 is 2.48 bits per heavy atom. The van der Waals surface area contributed by atoms with Crippen molar-refractivity contribution in [2.24, 2.45) is 5.92 Å². The maximum absolute atomic E-state index is 14.4. The van der Waals surface area contributed by atoms with Crippen molar-refractivity contribution >= 4 is 39.1 Å². The molecule has 2 N–H and O–H groups in total. The molecule has 1 aliphatic rings. The van der Waals surface area contributed by atoms with Crippen LogP contribution in [0.15, 0.2) is 77.7 Å². The number of sulfonamides is 1. The van der Waals surface area contributed by atoms with Gasteiger partial charge in [0.15, 0.2) is 0 Å². The first-order valence-electron chi connectivity index (χ1n) is 16.3. The lowest BCUT2D eigenvalue weighted by atomic mass is 10.0. The maximum atomic E-state index is 14.4. The van der Waals surface area contributed by atoms with E-state index in [1.165, 1.54) is 30.3 Å². The second kappa shape index (κ2) is 17.1. The zero-order valence-electron chi connectivity index (χ0n) is 28.0. The minimum atomic E-state index is -3.99. The quantitative estimate of drug-likeness (QED) is 0.296. The largest absolute Gasteiger partial charge is 0.490 e. The summed E-state index contributed by atoms with van der Waals surface area (Å²) in [6.45, 7) is 6.36. The summed E-state index contributed by atoms with van der Waals surface area (Å²) in [5.41, 5.74) is 1.27. The zero-order chi connectivity index (χ0) is 34.8. The summed E-state index contributed by atoms with van der Waals surface area (Å²) < 4.78 is 41.5. The number of likely N-dealkylation sites (N-methyl/N-ethyl adjacent to an activating group) is 1. The zero-order valence-corrected chi connectivity index (χ0v) is 29.5. The van der Waals surface area contributed by atoms with Gasteiger partial charge in [0.2, 0.25) is 5.91 Å². The summed E-state index contributed by atoms with van der Waals surface area (Å²) in [6, 6.07) is 19.4. The average molecular weight is 700 g/mol. The Morgan fingerprint density at radius 2 is 1.79 bits per heavy atom. The summed E-state index contributed by atoms with van der Waals surface area (Å²) in [7, 11) is -2.23. The topological polar surface area (TPSA) is 125 Å². The molecular weight excluding hydrogens is 654 g/mol. The van der Waals surface area contributed by atoms with Crippen molar-refractivity contribution in [2.45, 2.75) is 69.6 Å². The minimum Gasteiger partial charge on any atom is -0.490 e. The third kappa shape index (κ3) is 10.2. The number of benzene rings is 3. The number of nitrogens with one attached hydrogen (secondary N) is 1. The van der Waals surface area contributed by atoms with Crippen LogP contribution < -0.4 is 9.46 Å². The normalized spacial score (nSPS) is 20.2. The van der Waals surface area contributed by atoms with E-state index in [1.54, 1.807) is 35.9 Å². The minimum absolute atomic E-state index is 0.0193. The number of amides is 2. The number of fused-ring (bicyclic) bond motifs is 1. The van der Waals surface area contributed by atoms with E-state index in [9.17, 15) is 23.1 Å². The molecular formula is C36H46ClN3O7S. The smallest absolute Gasteiger partial charge is 0.261 e. The molecule has 3 aromatic carbocycles. The fourth-order valence-corrected chi connectivity index (χ4v) is 6.73. The highest BCUT2D eigenvalue weighted by atomic mass is 35.5. The highest BCUT2D eigenvalue weighted by Gasteiger charge is 2.31. The highest BCUT2D eigenvalue weighted by Crippen LogP contribution is 2.30. The lowest BCUT2D eigenvalue weighted by Crippen LogP contribution is -2.48. The Hall–Kier alpha value is -3.64. The summed E-state index contributed by atoms with van der Waals surface area (Å²) in [4.78, 5) is 30.7. The second-order valence-electron chi connectivity index (χ2n) is 12.5. The number of carbonyl (C=O) groups excluding carboxylic acids is 2. The average Bonchev–Trinajstić information content (AvgIpc) is 3.06. The predicted octanol–water partition coefficient (Wildman–Crippen LogP) is 5.64. The van der Waals surface area contributed by atoms with Gasteiger partial charge in [0.1, 0.15) is 5.75 Å². The molecule has 0 saturated heterocycles. The van der Waals surface area contributed by atoms with Crippen LogP contribution in [-0.4, -0.2) is 86.7 Å². The Morgan fingerprint density at radius 1 is 1.08 bits per heavy atom. The first-order chi connectivity index (χ1) is 22.9. The molecule has 0 saturated carbocycles. The molecule has 4 atom stereocenters. The van der Waals surface area contributed by atoms with Crippen molar-refractivity contribution in [3.05, 3.63) is 88.9 Å². The van der Waals surface area contributed by atoms with E-state index in [0.717, 1.165) is 18.4 Å². The number of aliphatic hydroxyl groups is 1. The third-order valence-corrected chi connectivity index (χ3v) is 10.2. The summed E-state index contributed by atoms with van der Waals surface area (Å²) >= 11 is 5.95. The van der Waals surface area contributed by atoms with Gasteiger partial charge >= 0.3 is 0 Å². The van der Waals surface area contributed by atoms with Gasteiger partial charge in [-0.25, -0.2) is 8.42 Å². The van der Waals surface area contributed by atoms with Gasteiger partial charge in [-0.1, -0.05) is 48.9 Å². The summed E-state index contributed by atoms with van der Waals surface area (Å²) in [5.74, 6) is -0.377. The fraction of sp³-hybridized carbons (Fsp3) is 0.444. The van der Waals surface area contributed by atoms with E-state index >= 15 is 0 Å². The molecule has 0 aromatic heterocycles. The Kier molecular flexibility index (Phi) is 13.3. The molecule has 3 aromatic rings. The Bertz CT molecular complexity index is 1620. The van der Waals surface area contributed by atoms with E-state index in [4.69, 9.17) is 21.1 Å². The van der Waals surface area contributed by atoms with Gasteiger partial charge in [0, 0.05) is 43.4 Å². The SMILES string of the molecule is C[C@@H]1CN([C@@H](C)CO)C(=O)c2cc(NS(=O)(=O)c3ccc(Cl)cc3)ccc2O[C@@H](C)CCCCO[C@H]1CN(C)C(=O)Cc1ccccc1. The number of rotatable bonds is 9. The van der Waals surface area contributed by atoms with E-state index in [0.29, 0.717) is 30.3 Å². The van der Waals surface area contributed by atoms with Crippen LogP contribution in [0.2, 0.25) is 5.02 Å². The van der Waals surface area contributed by atoms with Crippen molar-refractivity contribution in [3.63, 3.8) is 0 Å². The molecule has 0 unspecified atom stereocenters. The van der Waals surface area contributed by atoms with Gasteiger partial charge in [0.05, 0.1) is 41.7 Å². The predicted molar refractivity (Wildman–Crippen MR) is 187 cm³/mol. The highest BCUT2D eigenvalue weighted by molar-refractivity contribution is 7.92. The standard InChI is InChI=1S/C36H46ClN3O7S/c1-25-22-40(26(2)24-41)36(43)32-21-30(38-48(44,45)31-16-13-29(37)14-17-31)15-18-33(32)47-27(3)10-8-9-19-46-34(25)23-39(4)35(42)20-28-11-6-5-7-12-28/h5-7,11-18,21,25-27,34,38,41H,8-10,19-20,22-24H2,1-4H3/t25-,26+,27+,34+/m1/s1. The van der Waals surface area contributed by atoms with Crippen LogP contribution in [0.5, 0.6) is 5.75 Å². The van der Waals surface area contributed by atoms with Gasteiger partial charge in [-0.05, 0) is 81.1 Å². The fourth-order valence-electron chi connectivity index (χ4n) is 5.55. The lowest BCUT2D eigenvalue weighted by molar-refractivity contribution is -0.131. The van der Waals surface area contributed by atoms with Crippen LogP contribution >= 0.6 is 11.6 Å². The van der Waals surface area contributed by atoms with Crippen molar-refractivity contribution < 1.29 is 32.6 Å². The van der Waals surface area contributed by atoms with Gasteiger partial charge in [-0.15, -0.1) is 0 Å². The van der Waals surface area contributed by atoms with Crippen LogP contribution in [0, 0.1) is 5.92 Å². The van der Waals surface area contributed by atoms with Crippen LogP contribution in [0.3, 0.4) is 0 Å². The van der Waals surface area contributed by atoms with Crippen molar-refractivity contribution in [3.8, 4) is 5.75 Å². The van der Waals surface area contributed by atoms with Gasteiger partial charge in [-0.3, -0.25) is 14.3 Å². The number of hydrogen-bond acceptors (Lipinski definition) is 7. The number of halogens is 1. The first kappa shape index (κ1) is 37.2. The molecule has 48 heavy (non-hydrogen) atoms. The number of aliphatic hydroxyl groups excluding tert-OH is 1. The van der Waals surface area contributed by atoms with Crippen molar-refractivity contribution in [1.29, 1.82) is 0 Å². The van der Waals surface area contributed by atoms with Crippen LogP contribution in [-0.2, 0) is 26.0 Å². The van der Waals surface area contributed by atoms with Crippen molar-refractivity contribution in [1.82, 2.24) is 9.80 Å². The van der Waals surface area contributed by atoms with Crippen LogP contribution in [0.25, 0.3) is 0 Å². The number of hydrogen-bond donors (Lipinski definition) is 2. The van der Waals surface area contributed by atoms with E-state index < -0.39 is 22.0 Å². The van der Waals surface area contributed by atoms with Gasteiger partial charge in [-0.2, -0.15) is 0 Å². The number of nitrogens with zero attached hydrogens (tertiary/aromatic N) is 2. The molecule has 1 aliphatic heterocycles. The van der Waals surface area contributed by atoms with E-state index in [2.05, 4.69) is 4.72 Å². The summed E-state index contributed by atoms with van der Waals surface area (Å²) in [5, 5.41) is 10.6. The Balaban J connectivity index is 1.63. The van der Waals surface area contributed by atoms with Crippen molar-refractivity contribution in [2.75, 3.05) is 38.1 Å². The van der Waals surface area contributed by atoms with Crippen LogP contribution in [0.4, 0.5) is 5.69 Å². The second-order valence-corrected chi connectivity index (χ2v) is 14.6.